The van der Waals surface area contributed by atoms with E-state index in [1.807, 2.05) is 30.3 Å². The third-order valence-electron chi connectivity index (χ3n) is 4.31. The number of rotatable bonds is 2. The summed E-state index contributed by atoms with van der Waals surface area (Å²) >= 11 is 0. The molecule has 0 bridgehead atoms. The van der Waals surface area contributed by atoms with Crippen LogP contribution in [0.4, 0.5) is 9.59 Å². The van der Waals surface area contributed by atoms with Crippen molar-refractivity contribution < 1.29 is 19.5 Å². The van der Waals surface area contributed by atoms with Gasteiger partial charge in [0.05, 0.1) is 6.54 Å². The average Bonchev–Trinajstić information content (AvgIpc) is 2.77. The van der Waals surface area contributed by atoms with Gasteiger partial charge in [-0.1, -0.05) is 30.3 Å². The van der Waals surface area contributed by atoms with Crippen molar-refractivity contribution in [2.75, 3.05) is 13.6 Å². The SMILES string of the molecule is CC1C(=O)N(Cc2ccccc2)CC2N1C(=O)N(C)N2C(=O)O. The van der Waals surface area contributed by atoms with Crippen LogP contribution in [0.1, 0.15) is 12.5 Å². The van der Waals surface area contributed by atoms with Crippen molar-refractivity contribution in [3.05, 3.63) is 35.9 Å². The lowest BCUT2D eigenvalue weighted by atomic mass is 10.1. The molecule has 2 aliphatic rings. The van der Waals surface area contributed by atoms with Gasteiger partial charge >= 0.3 is 12.1 Å². The van der Waals surface area contributed by atoms with Gasteiger partial charge in [-0.3, -0.25) is 9.69 Å². The molecule has 2 unspecified atom stereocenters. The highest BCUT2D eigenvalue weighted by Gasteiger charge is 2.53. The number of hydrogen-bond acceptors (Lipinski definition) is 3. The van der Waals surface area contributed by atoms with Crippen LogP contribution in [0, 0.1) is 0 Å². The fraction of sp³-hybridized carbons (Fsp3) is 0.400. The Morgan fingerprint density at radius 3 is 2.52 bits per heavy atom. The van der Waals surface area contributed by atoms with Crippen molar-refractivity contribution in [2.45, 2.75) is 25.7 Å². The molecule has 122 valence electrons. The summed E-state index contributed by atoms with van der Waals surface area (Å²) < 4.78 is 0. The molecule has 4 amide bonds. The summed E-state index contributed by atoms with van der Waals surface area (Å²) in [6.07, 6.45) is -1.91. The van der Waals surface area contributed by atoms with Crippen LogP contribution in [0.2, 0.25) is 0 Å². The molecular formula is C15H18N4O4. The number of nitrogens with zero attached hydrogens (tertiary/aromatic N) is 4. The molecule has 23 heavy (non-hydrogen) atoms. The lowest BCUT2D eigenvalue weighted by Gasteiger charge is -2.41. The molecule has 0 radical (unpaired) electrons. The van der Waals surface area contributed by atoms with E-state index in [0.29, 0.717) is 6.54 Å². The van der Waals surface area contributed by atoms with Gasteiger partial charge in [0.2, 0.25) is 5.91 Å². The number of benzene rings is 1. The van der Waals surface area contributed by atoms with E-state index in [2.05, 4.69) is 0 Å². The molecule has 8 heteroatoms. The number of carbonyl (C=O) groups excluding carboxylic acids is 2. The van der Waals surface area contributed by atoms with Crippen LogP contribution in [0.25, 0.3) is 0 Å². The van der Waals surface area contributed by atoms with Crippen molar-refractivity contribution in [3.63, 3.8) is 0 Å². The van der Waals surface area contributed by atoms with E-state index in [9.17, 15) is 19.5 Å². The van der Waals surface area contributed by atoms with Gasteiger partial charge < -0.3 is 10.0 Å². The normalized spacial score (nSPS) is 24.3. The lowest BCUT2D eigenvalue weighted by molar-refractivity contribution is -0.145. The molecule has 0 aliphatic carbocycles. The zero-order chi connectivity index (χ0) is 16.7. The van der Waals surface area contributed by atoms with Crippen LogP contribution >= 0.6 is 0 Å². The highest BCUT2D eigenvalue weighted by atomic mass is 16.4. The summed E-state index contributed by atoms with van der Waals surface area (Å²) in [5, 5.41) is 11.4. The van der Waals surface area contributed by atoms with Crippen molar-refractivity contribution in [2.24, 2.45) is 0 Å². The van der Waals surface area contributed by atoms with E-state index in [0.717, 1.165) is 15.6 Å². The smallest absolute Gasteiger partial charge is 0.428 e. The molecule has 2 aliphatic heterocycles. The monoisotopic (exact) mass is 318 g/mol. The van der Waals surface area contributed by atoms with Crippen LogP contribution in [-0.4, -0.2) is 68.8 Å². The molecule has 3 rings (SSSR count). The van der Waals surface area contributed by atoms with Crippen LogP contribution in [0.3, 0.4) is 0 Å². The summed E-state index contributed by atoms with van der Waals surface area (Å²) in [6, 6.07) is 8.31. The second-order valence-electron chi connectivity index (χ2n) is 5.70. The Bertz CT molecular complexity index is 650. The predicted octanol–water partition coefficient (Wildman–Crippen LogP) is 1.01. The summed E-state index contributed by atoms with van der Waals surface area (Å²) in [4.78, 5) is 39.2. The molecule has 0 saturated carbocycles. The zero-order valence-corrected chi connectivity index (χ0v) is 12.9. The number of carboxylic acid groups (broad SMARTS) is 1. The van der Waals surface area contributed by atoms with Gasteiger partial charge in [0.1, 0.15) is 6.04 Å². The predicted molar refractivity (Wildman–Crippen MR) is 80.0 cm³/mol. The molecule has 1 aromatic carbocycles. The van der Waals surface area contributed by atoms with Crippen LogP contribution in [-0.2, 0) is 11.3 Å². The summed E-state index contributed by atoms with van der Waals surface area (Å²) in [7, 11) is 1.40. The van der Waals surface area contributed by atoms with E-state index in [-0.39, 0.29) is 12.5 Å². The molecule has 0 aromatic heterocycles. The van der Waals surface area contributed by atoms with E-state index < -0.39 is 24.3 Å². The highest BCUT2D eigenvalue weighted by molar-refractivity contribution is 5.90. The first-order chi connectivity index (χ1) is 10.9. The largest absolute Gasteiger partial charge is 0.464 e. The number of carbonyl (C=O) groups is 3. The molecule has 1 aromatic rings. The van der Waals surface area contributed by atoms with Crippen molar-refractivity contribution in [1.29, 1.82) is 0 Å². The second-order valence-corrected chi connectivity index (χ2v) is 5.70. The molecular weight excluding hydrogens is 300 g/mol. The van der Waals surface area contributed by atoms with Crippen LogP contribution in [0.15, 0.2) is 30.3 Å². The van der Waals surface area contributed by atoms with Crippen molar-refractivity contribution in [3.8, 4) is 0 Å². The van der Waals surface area contributed by atoms with E-state index in [4.69, 9.17) is 0 Å². The number of piperazine rings is 1. The standard InChI is InChI=1S/C15H18N4O4/c1-10-13(20)17(8-11-6-4-3-5-7-11)9-12-18(10)14(21)16(2)19(12)15(22)23/h3-7,10,12H,8-9H2,1-2H3,(H,22,23). The molecule has 8 nitrogen and oxygen atoms in total. The van der Waals surface area contributed by atoms with E-state index >= 15 is 0 Å². The fourth-order valence-corrected chi connectivity index (χ4v) is 3.17. The molecule has 2 atom stereocenters. The Morgan fingerprint density at radius 2 is 1.91 bits per heavy atom. The second kappa shape index (κ2) is 5.45. The minimum absolute atomic E-state index is 0.153. The van der Waals surface area contributed by atoms with Gasteiger partial charge in [-0.25, -0.2) is 14.6 Å². The fourth-order valence-electron chi connectivity index (χ4n) is 3.17. The van der Waals surface area contributed by atoms with Gasteiger partial charge in [0.15, 0.2) is 6.17 Å². The Morgan fingerprint density at radius 1 is 1.26 bits per heavy atom. The molecule has 2 saturated heterocycles. The van der Waals surface area contributed by atoms with Gasteiger partial charge in [-0.15, -0.1) is 0 Å². The first kappa shape index (κ1) is 15.1. The van der Waals surface area contributed by atoms with Gasteiger partial charge in [-0.05, 0) is 12.5 Å². The first-order valence-corrected chi connectivity index (χ1v) is 7.32. The quantitative estimate of drug-likeness (QED) is 0.882. The van der Waals surface area contributed by atoms with E-state index in [1.165, 1.54) is 11.9 Å². The number of urea groups is 1. The van der Waals surface area contributed by atoms with Crippen molar-refractivity contribution in [1.82, 2.24) is 19.8 Å². The number of fused-ring (bicyclic) bond motifs is 1. The summed E-state index contributed by atoms with van der Waals surface area (Å²) in [5.41, 5.74) is 0.959. The number of hydrazine groups is 1. The maximum atomic E-state index is 12.5. The first-order valence-electron chi connectivity index (χ1n) is 7.32. The van der Waals surface area contributed by atoms with Gasteiger partial charge in [-0.2, -0.15) is 5.01 Å². The Kier molecular flexibility index (Phi) is 3.59. The van der Waals surface area contributed by atoms with Crippen LogP contribution < -0.4 is 0 Å². The maximum Gasteiger partial charge on any atom is 0.428 e. The molecule has 2 heterocycles. The van der Waals surface area contributed by atoms with E-state index in [1.54, 1.807) is 11.8 Å². The number of amides is 4. The Balaban J connectivity index is 1.88. The highest BCUT2D eigenvalue weighted by Crippen LogP contribution is 2.29. The topological polar surface area (TPSA) is 84.4 Å². The third kappa shape index (κ3) is 2.36. The Hall–Kier alpha value is -2.77. The summed E-state index contributed by atoms with van der Waals surface area (Å²) in [6.45, 7) is 2.17. The molecule has 2 fully saturated rings. The van der Waals surface area contributed by atoms with Crippen molar-refractivity contribution >= 4 is 18.0 Å². The van der Waals surface area contributed by atoms with Crippen LogP contribution in [0.5, 0.6) is 0 Å². The lowest BCUT2D eigenvalue weighted by Crippen LogP contribution is -2.62. The minimum atomic E-state index is -1.21. The third-order valence-corrected chi connectivity index (χ3v) is 4.31. The minimum Gasteiger partial charge on any atom is -0.464 e. The number of hydrogen-bond donors (Lipinski definition) is 1. The maximum absolute atomic E-state index is 12.5. The average molecular weight is 318 g/mol. The van der Waals surface area contributed by atoms with Gasteiger partial charge in [0.25, 0.3) is 0 Å². The summed E-state index contributed by atoms with van der Waals surface area (Å²) in [5.74, 6) is -0.181. The molecule has 0 spiro atoms. The zero-order valence-electron chi connectivity index (χ0n) is 12.9. The van der Waals surface area contributed by atoms with Gasteiger partial charge in [0, 0.05) is 13.6 Å². The Labute approximate surface area is 133 Å². The molecule has 1 N–H and O–H groups in total.